The van der Waals surface area contributed by atoms with Gasteiger partial charge >= 0.3 is 7.60 Å². The molecule has 0 aliphatic rings. The molecule has 0 heterocycles. The van der Waals surface area contributed by atoms with Crippen LogP contribution in [0.2, 0.25) is 0 Å². The summed E-state index contributed by atoms with van der Waals surface area (Å²) in [7, 11) is -4.54. The highest BCUT2D eigenvalue weighted by Gasteiger charge is 2.57. The van der Waals surface area contributed by atoms with Gasteiger partial charge in [0.2, 0.25) is 0 Å². The molecule has 0 radical (unpaired) electrons. The Hall–Kier alpha value is 0.0700. The molecule has 0 aliphatic carbocycles. The number of hydrogen-bond donors (Lipinski definition) is 4. The Bertz CT molecular complexity index is 260. The number of aliphatic hydroxyl groups is 2. The summed E-state index contributed by atoms with van der Waals surface area (Å²) in [4.78, 5) is 19.1. The smallest absolute Gasteiger partial charge is 0.334 e. The fourth-order valence-electron chi connectivity index (χ4n) is 2.58. The van der Waals surface area contributed by atoms with E-state index >= 15 is 0 Å². The van der Waals surface area contributed by atoms with Crippen molar-refractivity contribution < 1.29 is 24.6 Å². The topological polar surface area (TPSA) is 98.0 Å². The molecule has 0 aromatic rings. The first-order chi connectivity index (χ1) is 6.99. The first kappa shape index (κ1) is 16.1. The molecule has 16 heavy (non-hydrogen) atoms. The Morgan fingerprint density at radius 3 is 1.31 bits per heavy atom. The maximum absolute atomic E-state index is 11.7. The Kier molecular flexibility index (Phi) is 5.17. The molecule has 6 heteroatoms. The third kappa shape index (κ3) is 2.49. The number of aliphatic hydroxyl groups excluding tert-OH is 2. The van der Waals surface area contributed by atoms with Crippen LogP contribution in [0.4, 0.5) is 0 Å². The highest BCUT2D eigenvalue weighted by atomic mass is 31.2. The van der Waals surface area contributed by atoms with E-state index in [4.69, 9.17) is 0 Å². The third-order valence-corrected chi connectivity index (χ3v) is 5.59. The molecule has 0 spiro atoms. The van der Waals surface area contributed by atoms with E-state index in [-0.39, 0.29) is 0 Å². The molecule has 0 rings (SSSR count). The second-order valence-electron chi connectivity index (χ2n) is 4.93. The minimum absolute atomic E-state index is 0.446. The molecule has 2 atom stereocenters. The van der Waals surface area contributed by atoms with Crippen LogP contribution in [0.1, 0.15) is 34.6 Å². The number of hydrogen-bond acceptors (Lipinski definition) is 3. The Morgan fingerprint density at radius 1 is 0.938 bits per heavy atom. The summed E-state index contributed by atoms with van der Waals surface area (Å²) in [6.07, 6.45) is -2.63. The fourth-order valence-corrected chi connectivity index (χ4v) is 4.49. The molecule has 5 nitrogen and oxygen atoms in total. The van der Waals surface area contributed by atoms with Crippen LogP contribution in [0.5, 0.6) is 0 Å². The van der Waals surface area contributed by atoms with Gasteiger partial charge in [-0.1, -0.05) is 27.7 Å². The molecule has 0 aliphatic heterocycles. The summed E-state index contributed by atoms with van der Waals surface area (Å²) >= 11 is 0. The minimum atomic E-state index is -4.54. The van der Waals surface area contributed by atoms with Crippen molar-refractivity contribution in [3.63, 3.8) is 0 Å². The van der Waals surface area contributed by atoms with Gasteiger partial charge in [-0.25, -0.2) is 0 Å². The summed E-state index contributed by atoms with van der Waals surface area (Å²) in [5.41, 5.74) is 0. The van der Waals surface area contributed by atoms with Gasteiger partial charge in [-0.3, -0.25) is 4.57 Å². The highest BCUT2D eigenvalue weighted by Crippen LogP contribution is 2.60. The van der Waals surface area contributed by atoms with E-state index in [1.54, 1.807) is 27.7 Å². The average Bonchev–Trinajstić information content (AvgIpc) is 1.99. The normalized spacial score (nSPS) is 17.9. The van der Waals surface area contributed by atoms with Crippen molar-refractivity contribution in [3.05, 3.63) is 0 Å². The summed E-state index contributed by atoms with van der Waals surface area (Å²) in [6, 6.07) is 0. The standard InChI is InChI=1S/C10H23O5P/c1-6(2)10(7(3)4,16(13,14)15)9(12)8(5)11/h6-9,11-12H,1-5H3,(H2,13,14,15). The van der Waals surface area contributed by atoms with E-state index in [1.165, 1.54) is 6.92 Å². The second-order valence-corrected chi connectivity index (χ2v) is 6.79. The van der Waals surface area contributed by atoms with Gasteiger partial charge in [-0.2, -0.15) is 0 Å². The van der Waals surface area contributed by atoms with Crippen molar-refractivity contribution in [3.8, 4) is 0 Å². The van der Waals surface area contributed by atoms with E-state index in [0.717, 1.165) is 0 Å². The second kappa shape index (κ2) is 5.15. The Morgan fingerprint density at radius 2 is 1.25 bits per heavy atom. The Balaban J connectivity index is 5.74. The van der Waals surface area contributed by atoms with E-state index in [9.17, 15) is 24.6 Å². The molecule has 0 aromatic carbocycles. The van der Waals surface area contributed by atoms with Crippen LogP contribution in [0.25, 0.3) is 0 Å². The van der Waals surface area contributed by atoms with Crippen LogP contribution in [-0.4, -0.2) is 37.4 Å². The van der Waals surface area contributed by atoms with Crippen LogP contribution in [0, 0.1) is 11.8 Å². The van der Waals surface area contributed by atoms with Gasteiger partial charge in [0.05, 0.1) is 12.2 Å². The molecule has 0 amide bonds. The lowest BCUT2D eigenvalue weighted by Crippen LogP contribution is -2.55. The molecular formula is C10H23O5P. The molecular weight excluding hydrogens is 231 g/mol. The van der Waals surface area contributed by atoms with Gasteiger partial charge in [-0.15, -0.1) is 0 Å². The van der Waals surface area contributed by atoms with E-state index < -0.39 is 36.8 Å². The van der Waals surface area contributed by atoms with Gasteiger partial charge in [0, 0.05) is 0 Å². The van der Waals surface area contributed by atoms with Crippen molar-refractivity contribution in [2.24, 2.45) is 11.8 Å². The zero-order chi connectivity index (χ0) is 13.3. The lowest BCUT2D eigenvalue weighted by Gasteiger charge is -2.45. The Labute approximate surface area is 96.7 Å². The van der Waals surface area contributed by atoms with Crippen molar-refractivity contribution in [2.45, 2.75) is 52.0 Å². The van der Waals surface area contributed by atoms with Crippen molar-refractivity contribution in [1.29, 1.82) is 0 Å². The summed E-state index contributed by atoms with van der Waals surface area (Å²) < 4.78 is 11.7. The summed E-state index contributed by atoms with van der Waals surface area (Å²) in [5, 5.41) is 17.8. The lowest BCUT2D eigenvalue weighted by molar-refractivity contribution is -0.0309. The highest BCUT2D eigenvalue weighted by molar-refractivity contribution is 7.53. The quantitative estimate of drug-likeness (QED) is 0.548. The predicted molar refractivity (Wildman–Crippen MR) is 62.1 cm³/mol. The van der Waals surface area contributed by atoms with Gasteiger partial charge in [-0.05, 0) is 18.8 Å². The monoisotopic (exact) mass is 254 g/mol. The predicted octanol–water partition coefficient (Wildman–Crippen LogP) is 0.957. The number of rotatable bonds is 5. The third-order valence-electron chi connectivity index (χ3n) is 3.28. The molecule has 0 fully saturated rings. The van der Waals surface area contributed by atoms with Crippen LogP contribution in [0.15, 0.2) is 0 Å². The summed E-state index contributed by atoms with van der Waals surface area (Å²) in [5.74, 6) is -0.893. The largest absolute Gasteiger partial charge is 0.391 e. The molecule has 98 valence electrons. The maximum atomic E-state index is 11.7. The molecule has 0 bridgehead atoms. The van der Waals surface area contributed by atoms with E-state index in [2.05, 4.69) is 0 Å². The van der Waals surface area contributed by atoms with Crippen LogP contribution in [0.3, 0.4) is 0 Å². The zero-order valence-electron chi connectivity index (χ0n) is 10.5. The van der Waals surface area contributed by atoms with E-state index in [1.807, 2.05) is 0 Å². The summed E-state index contributed by atoms with van der Waals surface area (Å²) in [6.45, 7) is 7.91. The van der Waals surface area contributed by atoms with Crippen molar-refractivity contribution >= 4 is 7.60 Å². The van der Waals surface area contributed by atoms with Crippen LogP contribution < -0.4 is 0 Å². The molecule has 0 aromatic heterocycles. The molecule has 0 saturated carbocycles. The van der Waals surface area contributed by atoms with Gasteiger partial charge in [0.25, 0.3) is 0 Å². The zero-order valence-corrected chi connectivity index (χ0v) is 11.3. The van der Waals surface area contributed by atoms with Crippen LogP contribution >= 0.6 is 7.60 Å². The first-order valence-corrected chi connectivity index (χ1v) is 7.02. The fraction of sp³-hybridized carbons (Fsp3) is 1.00. The maximum Gasteiger partial charge on any atom is 0.334 e. The molecule has 2 unspecified atom stereocenters. The van der Waals surface area contributed by atoms with E-state index in [0.29, 0.717) is 0 Å². The van der Waals surface area contributed by atoms with Gasteiger partial charge in [0.15, 0.2) is 0 Å². The molecule has 0 saturated heterocycles. The van der Waals surface area contributed by atoms with Crippen LogP contribution in [-0.2, 0) is 4.57 Å². The van der Waals surface area contributed by atoms with Crippen molar-refractivity contribution in [2.75, 3.05) is 0 Å². The SMILES string of the molecule is CC(O)C(O)C(C(C)C)(C(C)C)P(=O)(O)O. The minimum Gasteiger partial charge on any atom is -0.391 e. The lowest BCUT2D eigenvalue weighted by atomic mass is 9.78. The van der Waals surface area contributed by atoms with Crippen molar-refractivity contribution in [1.82, 2.24) is 0 Å². The average molecular weight is 254 g/mol. The van der Waals surface area contributed by atoms with Gasteiger partial charge < -0.3 is 20.0 Å². The van der Waals surface area contributed by atoms with Gasteiger partial charge in [0.1, 0.15) is 5.16 Å². The first-order valence-electron chi connectivity index (χ1n) is 5.41. The molecule has 4 N–H and O–H groups in total.